The molecule has 0 bridgehead atoms. The van der Waals surface area contributed by atoms with E-state index in [-0.39, 0.29) is 29.7 Å². The second kappa shape index (κ2) is 3.81. The monoisotopic (exact) mass is 233 g/mol. The smallest absolute Gasteiger partial charge is 0.233 e. The molecule has 5 heteroatoms. The minimum absolute atomic E-state index is 0.0249. The van der Waals surface area contributed by atoms with Gasteiger partial charge in [-0.1, -0.05) is 0 Å². The van der Waals surface area contributed by atoms with Crippen LogP contribution in [0.1, 0.15) is 25.7 Å². The van der Waals surface area contributed by atoms with Crippen LogP contribution in [0.5, 0.6) is 0 Å². The molecule has 3 fully saturated rings. The summed E-state index contributed by atoms with van der Waals surface area (Å²) in [5, 5.41) is 12.2. The van der Waals surface area contributed by atoms with Gasteiger partial charge in [0, 0.05) is 12.6 Å². The number of hydrogen-bond acceptors (Lipinski definition) is 4. The molecule has 2 aliphatic carbocycles. The van der Waals surface area contributed by atoms with Crippen LogP contribution in [0.4, 0.5) is 0 Å². The summed E-state index contributed by atoms with van der Waals surface area (Å²) in [5.41, 5.74) is 0. The Hall–Kier alpha value is -1.41. The quantitative estimate of drug-likeness (QED) is 0.680. The van der Waals surface area contributed by atoms with Crippen LogP contribution in [-0.4, -0.2) is 35.3 Å². The Morgan fingerprint density at radius 2 is 2.00 bits per heavy atom. The first-order valence-corrected chi connectivity index (χ1v) is 6.21. The summed E-state index contributed by atoms with van der Waals surface area (Å²) in [6.45, 7) is 0.391. The molecular weight excluding hydrogens is 218 g/mol. The molecule has 1 aliphatic heterocycles. The van der Waals surface area contributed by atoms with E-state index in [1.54, 1.807) is 0 Å². The zero-order valence-corrected chi connectivity index (χ0v) is 9.56. The van der Waals surface area contributed by atoms with E-state index in [9.17, 15) is 9.59 Å². The summed E-state index contributed by atoms with van der Waals surface area (Å²) in [5.74, 6) is -0.106. The molecule has 0 aromatic rings. The third-order valence-electron chi connectivity index (χ3n) is 3.77. The molecule has 0 aromatic heterocycles. The highest BCUT2D eigenvalue weighted by Crippen LogP contribution is 2.46. The van der Waals surface area contributed by atoms with Gasteiger partial charge in [0.05, 0.1) is 23.9 Å². The van der Waals surface area contributed by atoms with Crippen LogP contribution in [0.3, 0.4) is 0 Å². The van der Waals surface area contributed by atoms with Gasteiger partial charge in [0.1, 0.15) is 0 Å². The van der Waals surface area contributed by atoms with Gasteiger partial charge in [-0.2, -0.15) is 5.26 Å². The van der Waals surface area contributed by atoms with Gasteiger partial charge >= 0.3 is 0 Å². The number of nitrogens with one attached hydrogen (secondary N) is 1. The maximum absolute atomic E-state index is 11.7. The summed E-state index contributed by atoms with van der Waals surface area (Å²) >= 11 is 0. The van der Waals surface area contributed by atoms with Gasteiger partial charge in [0.15, 0.2) is 0 Å². The topological polar surface area (TPSA) is 73.2 Å². The number of carbonyl (C=O) groups is 2. The van der Waals surface area contributed by atoms with E-state index in [2.05, 4.69) is 11.4 Å². The third-order valence-corrected chi connectivity index (χ3v) is 3.77. The van der Waals surface area contributed by atoms with E-state index < -0.39 is 0 Å². The zero-order chi connectivity index (χ0) is 12.0. The average Bonchev–Trinajstić information content (AvgIpc) is 3.19. The summed E-state index contributed by atoms with van der Waals surface area (Å²) < 4.78 is 0. The third kappa shape index (κ3) is 1.93. The molecule has 2 saturated carbocycles. The van der Waals surface area contributed by atoms with Crippen molar-refractivity contribution in [2.45, 2.75) is 37.8 Å². The second-order valence-electron chi connectivity index (χ2n) is 5.19. The van der Waals surface area contributed by atoms with Crippen LogP contribution >= 0.6 is 0 Å². The minimum Gasteiger partial charge on any atom is -0.299 e. The lowest BCUT2D eigenvalue weighted by atomic mass is 10.2. The zero-order valence-electron chi connectivity index (χ0n) is 9.56. The largest absolute Gasteiger partial charge is 0.299 e. The summed E-state index contributed by atoms with van der Waals surface area (Å²) in [6.07, 6.45) is 3.55. The van der Waals surface area contributed by atoms with E-state index in [4.69, 9.17) is 5.26 Å². The molecule has 3 unspecified atom stereocenters. The summed E-state index contributed by atoms with van der Waals surface area (Å²) in [6, 6.07) is 2.42. The molecular formula is C12H15N3O2. The highest BCUT2D eigenvalue weighted by Gasteiger charge is 2.58. The Morgan fingerprint density at radius 3 is 2.53 bits per heavy atom. The normalized spacial score (nSPS) is 32.3. The van der Waals surface area contributed by atoms with Crippen LogP contribution < -0.4 is 5.32 Å². The molecule has 3 aliphatic rings. The van der Waals surface area contributed by atoms with Crippen molar-refractivity contribution in [3.05, 3.63) is 0 Å². The predicted octanol–water partition coefficient (Wildman–Crippen LogP) is 0.0256. The first-order chi connectivity index (χ1) is 8.20. The number of piperidine rings is 1. The van der Waals surface area contributed by atoms with E-state index in [0.717, 1.165) is 19.3 Å². The number of nitrogens with zero attached hydrogens (tertiary/aromatic N) is 2. The fourth-order valence-electron chi connectivity index (χ4n) is 2.45. The van der Waals surface area contributed by atoms with Crippen molar-refractivity contribution >= 4 is 11.8 Å². The fourth-order valence-corrected chi connectivity index (χ4v) is 2.45. The molecule has 0 spiro atoms. The van der Waals surface area contributed by atoms with E-state index >= 15 is 0 Å². The van der Waals surface area contributed by atoms with Crippen LogP contribution in [0.15, 0.2) is 0 Å². The van der Waals surface area contributed by atoms with Gasteiger partial charge < -0.3 is 0 Å². The van der Waals surface area contributed by atoms with Crippen LogP contribution in [0.2, 0.25) is 0 Å². The summed E-state index contributed by atoms with van der Waals surface area (Å²) in [7, 11) is 0. The Bertz CT molecular complexity index is 390. The number of likely N-dealkylation sites (tertiary alicyclic amines) is 1. The molecule has 3 rings (SSSR count). The number of imide groups is 1. The fraction of sp³-hybridized carbons (Fsp3) is 0.750. The second-order valence-corrected chi connectivity index (χ2v) is 5.19. The Morgan fingerprint density at radius 1 is 1.35 bits per heavy atom. The van der Waals surface area contributed by atoms with Crippen molar-refractivity contribution < 1.29 is 9.59 Å². The van der Waals surface area contributed by atoms with Gasteiger partial charge in [-0.3, -0.25) is 19.8 Å². The molecule has 0 aromatic carbocycles. The molecule has 0 radical (unpaired) electrons. The van der Waals surface area contributed by atoms with Gasteiger partial charge in [-0.15, -0.1) is 0 Å². The lowest BCUT2D eigenvalue weighted by Gasteiger charge is -2.18. The standard InChI is InChI=1S/C12H15N3O2/c13-6-8(14-7-1-2-7)3-4-15-11(16)9-5-10(9)12(15)17/h7-10,14H,1-5H2. The highest BCUT2D eigenvalue weighted by molar-refractivity contribution is 6.08. The molecule has 17 heavy (non-hydrogen) atoms. The first kappa shape index (κ1) is 10.7. The van der Waals surface area contributed by atoms with Gasteiger partial charge in [-0.25, -0.2) is 0 Å². The average molecular weight is 233 g/mol. The highest BCUT2D eigenvalue weighted by atomic mass is 16.2. The Balaban J connectivity index is 1.51. The van der Waals surface area contributed by atoms with Crippen molar-refractivity contribution in [3.63, 3.8) is 0 Å². The van der Waals surface area contributed by atoms with E-state index in [1.165, 1.54) is 4.90 Å². The van der Waals surface area contributed by atoms with Crippen molar-refractivity contribution in [1.82, 2.24) is 10.2 Å². The molecule has 3 atom stereocenters. The van der Waals surface area contributed by atoms with Gasteiger partial charge in [0.25, 0.3) is 0 Å². The van der Waals surface area contributed by atoms with Crippen molar-refractivity contribution in [1.29, 1.82) is 5.26 Å². The maximum Gasteiger partial charge on any atom is 0.233 e. The van der Waals surface area contributed by atoms with Crippen molar-refractivity contribution in [3.8, 4) is 6.07 Å². The molecule has 1 heterocycles. The number of carbonyl (C=O) groups excluding carboxylic acids is 2. The Kier molecular flexibility index (Phi) is 2.40. The van der Waals surface area contributed by atoms with Crippen LogP contribution in [0, 0.1) is 23.2 Å². The minimum atomic E-state index is -0.236. The van der Waals surface area contributed by atoms with Gasteiger partial charge in [-0.05, 0) is 25.7 Å². The Labute approximate surface area is 99.8 Å². The number of amides is 2. The van der Waals surface area contributed by atoms with E-state index in [0.29, 0.717) is 19.0 Å². The SMILES string of the molecule is N#CC(CCN1C(=O)C2CC2C1=O)NC1CC1. The maximum atomic E-state index is 11.7. The number of nitriles is 1. The molecule has 1 saturated heterocycles. The van der Waals surface area contributed by atoms with Crippen LogP contribution in [0.25, 0.3) is 0 Å². The summed E-state index contributed by atoms with van der Waals surface area (Å²) in [4.78, 5) is 24.7. The first-order valence-electron chi connectivity index (χ1n) is 6.21. The van der Waals surface area contributed by atoms with Crippen molar-refractivity contribution in [2.75, 3.05) is 6.54 Å². The van der Waals surface area contributed by atoms with Gasteiger partial charge in [0.2, 0.25) is 11.8 Å². The number of fused-ring (bicyclic) bond motifs is 1. The molecule has 5 nitrogen and oxygen atoms in total. The molecule has 2 amide bonds. The lowest BCUT2D eigenvalue weighted by molar-refractivity contribution is -0.141. The number of rotatable bonds is 5. The predicted molar refractivity (Wildman–Crippen MR) is 58.5 cm³/mol. The van der Waals surface area contributed by atoms with Crippen molar-refractivity contribution in [2.24, 2.45) is 11.8 Å². The number of hydrogen-bond donors (Lipinski definition) is 1. The molecule has 1 N–H and O–H groups in total. The van der Waals surface area contributed by atoms with E-state index in [1.807, 2.05) is 0 Å². The van der Waals surface area contributed by atoms with Crippen LogP contribution in [-0.2, 0) is 9.59 Å². The molecule has 90 valence electrons. The lowest BCUT2D eigenvalue weighted by Crippen LogP contribution is -2.38.